The summed E-state index contributed by atoms with van der Waals surface area (Å²) in [6, 6.07) is 11.1. The summed E-state index contributed by atoms with van der Waals surface area (Å²) in [6.45, 7) is 8.30. The van der Waals surface area contributed by atoms with Gasteiger partial charge in [-0.1, -0.05) is 50.6 Å². The van der Waals surface area contributed by atoms with Crippen LogP contribution in [0.5, 0.6) is 5.75 Å². The van der Waals surface area contributed by atoms with E-state index in [2.05, 4.69) is 30.8 Å². The molecule has 0 radical (unpaired) electrons. The van der Waals surface area contributed by atoms with E-state index in [-0.39, 0.29) is 29.5 Å². The highest BCUT2D eigenvalue weighted by molar-refractivity contribution is 7.92. The molecule has 0 fully saturated rings. The predicted octanol–water partition coefficient (Wildman–Crippen LogP) is 4.01. The number of rotatable bonds is 7. The molecule has 0 heterocycles. The SMILES string of the molecule is Cc1cc(CNC(=O)COc2ccc(C(C)(C)C)cc2)cc(Cl)c1NS(C)(=O)=O. The summed E-state index contributed by atoms with van der Waals surface area (Å²) < 4.78 is 30.8. The standard InChI is InChI=1S/C21H27ClN2O4S/c1-14-10-15(11-18(22)20(14)24-29(5,26)27)12-23-19(25)13-28-17-8-6-16(7-9-17)21(2,3)4/h6-11,24H,12-13H2,1-5H3,(H,23,25). The van der Waals surface area contributed by atoms with Gasteiger partial charge in [-0.3, -0.25) is 9.52 Å². The van der Waals surface area contributed by atoms with Gasteiger partial charge in [0.1, 0.15) is 5.75 Å². The van der Waals surface area contributed by atoms with Gasteiger partial charge in [-0.05, 0) is 47.2 Å². The highest BCUT2D eigenvalue weighted by Gasteiger charge is 2.14. The largest absolute Gasteiger partial charge is 0.484 e. The number of ether oxygens (including phenoxy) is 1. The molecule has 2 aromatic rings. The highest BCUT2D eigenvalue weighted by atomic mass is 35.5. The number of aryl methyl sites for hydroxylation is 1. The fraction of sp³-hybridized carbons (Fsp3) is 0.381. The topological polar surface area (TPSA) is 84.5 Å². The Bertz CT molecular complexity index is 958. The van der Waals surface area contributed by atoms with Crippen LogP contribution in [0.25, 0.3) is 0 Å². The molecule has 0 unspecified atom stereocenters. The van der Waals surface area contributed by atoms with Crippen molar-refractivity contribution in [2.45, 2.75) is 39.7 Å². The third-order valence-corrected chi connectivity index (χ3v) is 5.09. The lowest BCUT2D eigenvalue weighted by atomic mass is 9.87. The van der Waals surface area contributed by atoms with E-state index in [1.807, 2.05) is 24.3 Å². The van der Waals surface area contributed by atoms with Gasteiger partial charge in [-0.2, -0.15) is 0 Å². The van der Waals surface area contributed by atoms with Crippen LogP contribution in [-0.4, -0.2) is 27.2 Å². The van der Waals surface area contributed by atoms with Crippen molar-refractivity contribution >= 4 is 33.2 Å². The summed E-state index contributed by atoms with van der Waals surface area (Å²) in [4.78, 5) is 12.1. The van der Waals surface area contributed by atoms with E-state index in [0.29, 0.717) is 17.0 Å². The summed E-state index contributed by atoms with van der Waals surface area (Å²) >= 11 is 6.18. The lowest BCUT2D eigenvalue weighted by Crippen LogP contribution is -2.28. The maximum Gasteiger partial charge on any atom is 0.258 e. The van der Waals surface area contributed by atoms with Crippen LogP contribution < -0.4 is 14.8 Å². The molecule has 0 atom stereocenters. The third-order valence-electron chi connectivity index (χ3n) is 4.21. The van der Waals surface area contributed by atoms with Crippen molar-refractivity contribution in [3.05, 3.63) is 58.1 Å². The van der Waals surface area contributed by atoms with E-state index in [1.165, 1.54) is 5.56 Å². The zero-order chi connectivity index (χ0) is 21.8. The summed E-state index contributed by atoms with van der Waals surface area (Å²) in [6.07, 6.45) is 1.06. The van der Waals surface area contributed by atoms with E-state index in [4.69, 9.17) is 16.3 Å². The fourth-order valence-corrected chi connectivity index (χ4v) is 3.72. The van der Waals surface area contributed by atoms with E-state index in [1.54, 1.807) is 19.1 Å². The average Bonchev–Trinajstić information content (AvgIpc) is 2.60. The Kier molecular flexibility index (Phi) is 7.19. The van der Waals surface area contributed by atoms with Crippen LogP contribution >= 0.6 is 11.6 Å². The van der Waals surface area contributed by atoms with Gasteiger partial charge < -0.3 is 10.1 Å². The number of anilines is 1. The molecule has 0 saturated carbocycles. The van der Waals surface area contributed by atoms with Gasteiger partial charge >= 0.3 is 0 Å². The maximum atomic E-state index is 12.1. The lowest BCUT2D eigenvalue weighted by molar-refractivity contribution is -0.123. The minimum absolute atomic E-state index is 0.0572. The minimum atomic E-state index is -3.43. The third kappa shape index (κ3) is 7.25. The van der Waals surface area contributed by atoms with Crippen molar-refractivity contribution in [1.29, 1.82) is 0 Å². The molecular weight excluding hydrogens is 412 g/mol. The van der Waals surface area contributed by atoms with Gasteiger partial charge in [-0.25, -0.2) is 8.42 Å². The van der Waals surface area contributed by atoms with Crippen molar-refractivity contribution in [3.63, 3.8) is 0 Å². The molecular formula is C21H27ClN2O4S. The first kappa shape index (κ1) is 23.0. The molecule has 0 aliphatic rings. The zero-order valence-electron chi connectivity index (χ0n) is 17.3. The molecule has 2 aromatic carbocycles. The zero-order valence-corrected chi connectivity index (χ0v) is 18.9. The Morgan fingerprint density at radius 2 is 1.76 bits per heavy atom. The second-order valence-corrected chi connectivity index (χ2v) is 10.1. The molecule has 1 amide bonds. The van der Waals surface area contributed by atoms with Crippen molar-refractivity contribution in [1.82, 2.24) is 5.32 Å². The van der Waals surface area contributed by atoms with E-state index >= 15 is 0 Å². The smallest absolute Gasteiger partial charge is 0.258 e. The highest BCUT2D eigenvalue weighted by Crippen LogP contribution is 2.28. The van der Waals surface area contributed by atoms with Crippen LogP contribution in [0.15, 0.2) is 36.4 Å². The van der Waals surface area contributed by atoms with Crippen molar-refractivity contribution in [2.24, 2.45) is 0 Å². The summed E-state index contributed by atoms with van der Waals surface area (Å²) in [5, 5.41) is 3.04. The number of amides is 1. The fourth-order valence-electron chi connectivity index (χ4n) is 2.68. The first-order valence-corrected chi connectivity index (χ1v) is 11.4. The second kappa shape index (κ2) is 9.05. The Morgan fingerprint density at radius 3 is 2.28 bits per heavy atom. The Morgan fingerprint density at radius 1 is 1.14 bits per heavy atom. The number of hydrogen-bond acceptors (Lipinski definition) is 4. The predicted molar refractivity (Wildman–Crippen MR) is 117 cm³/mol. The van der Waals surface area contributed by atoms with Crippen LogP contribution in [0.2, 0.25) is 5.02 Å². The van der Waals surface area contributed by atoms with Crippen LogP contribution in [-0.2, 0) is 26.8 Å². The van der Waals surface area contributed by atoms with Gasteiger partial charge in [0.2, 0.25) is 10.0 Å². The van der Waals surface area contributed by atoms with E-state index in [9.17, 15) is 13.2 Å². The molecule has 0 aromatic heterocycles. The quantitative estimate of drug-likeness (QED) is 0.683. The second-order valence-electron chi connectivity index (χ2n) is 7.98. The molecule has 158 valence electrons. The molecule has 0 spiro atoms. The Labute approximate surface area is 177 Å². The molecule has 8 heteroatoms. The number of benzene rings is 2. The lowest BCUT2D eigenvalue weighted by Gasteiger charge is -2.19. The first-order valence-electron chi connectivity index (χ1n) is 9.12. The maximum absolute atomic E-state index is 12.1. The number of carbonyl (C=O) groups is 1. The molecule has 0 aliphatic heterocycles. The van der Waals surface area contributed by atoms with Crippen LogP contribution in [0, 0.1) is 6.92 Å². The number of sulfonamides is 1. The van der Waals surface area contributed by atoms with Gasteiger partial charge in [0, 0.05) is 6.54 Å². The molecule has 0 bridgehead atoms. The normalized spacial score (nSPS) is 11.8. The van der Waals surface area contributed by atoms with Crippen molar-refractivity contribution < 1.29 is 17.9 Å². The van der Waals surface area contributed by atoms with Crippen LogP contribution in [0.3, 0.4) is 0 Å². The molecule has 29 heavy (non-hydrogen) atoms. The first-order chi connectivity index (χ1) is 13.3. The summed E-state index contributed by atoms with van der Waals surface area (Å²) in [7, 11) is -3.43. The van der Waals surface area contributed by atoms with Crippen LogP contribution in [0.1, 0.15) is 37.5 Å². The minimum Gasteiger partial charge on any atom is -0.484 e. The Hall–Kier alpha value is -2.25. The van der Waals surface area contributed by atoms with Crippen LogP contribution in [0.4, 0.5) is 5.69 Å². The number of carbonyl (C=O) groups excluding carboxylic acids is 1. The molecule has 2 rings (SSSR count). The van der Waals surface area contributed by atoms with Crippen molar-refractivity contribution in [2.75, 3.05) is 17.6 Å². The van der Waals surface area contributed by atoms with Gasteiger partial charge in [-0.15, -0.1) is 0 Å². The molecule has 0 aliphatic carbocycles. The number of hydrogen-bond donors (Lipinski definition) is 2. The average molecular weight is 439 g/mol. The summed E-state index contributed by atoms with van der Waals surface area (Å²) in [5.41, 5.74) is 3.01. The monoisotopic (exact) mass is 438 g/mol. The van der Waals surface area contributed by atoms with Gasteiger partial charge in [0.25, 0.3) is 5.91 Å². The number of nitrogens with one attached hydrogen (secondary N) is 2. The van der Waals surface area contributed by atoms with E-state index < -0.39 is 10.0 Å². The molecule has 6 nitrogen and oxygen atoms in total. The number of halogens is 1. The Balaban J connectivity index is 1.91. The van der Waals surface area contributed by atoms with E-state index in [0.717, 1.165) is 11.8 Å². The molecule has 0 saturated heterocycles. The van der Waals surface area contributed by atoms with Gasteiger partial charge in [0.05, 0.1) is 17.0 Å². The summed E-state index contributed by atoms with van der Waals surface area (Å²) in [5.74, 6) is 0.361. The molecule has 2 N–H and O–H groups in total. The van der Waals surface area contributed by atoms with Crippen molar-refractivity contribution in [3.8, 4) is 5.75 Å². The van der Waals surface area contributed by atoms with Gasteiger partial charge in [0.15, 0.2) is 6.61 Å².